The van der Waals surface area contributed by atoms with Gasteiger partial charge in [-0.2, -0.15) is 0 Å². The standard InChI is InChI=1S/C10H20N2O/c1-2-10(12-9(13)8-11)6-4-3-5-7-10/h2-8,11H2,1H3,(H,12,13). The van der Waals surface area contributed by atoms with Crippen LogP contribution in [0.4, 0.5) is 0 Å². The molecule has 76 valence electrons. The Hall–Kier alpha value is -0.570. The topological polar surface area (TPSA) is 55.1 Å². The van der Waals surface area contributed by atoms with Crippen LogP contribution in [-0.4, -0.2) is 18.0 Å². The normalized spacial score (nSPS) is 21.1. The van der Waals surface area contributed by atoms with E-state index in [1.54, 1.807) is 0 Å². The molecule has 13 heavy (non-hydrogen) atoms. The number of amides is 1. The second-order valence-electron chi connectivity index (χ2n) is 3.95. The SMILES string of the molecule is CCC1(NC(=O)CN)CCCCC1. The molecule has 3 heteroatoms. The van der Waals surface area contributed by atoms with Gasteiger partial charge in [-0.1, -0.05) is 26.2 Å². The first-order chi connectivity index (χ1) is 6.22. The average Bonchev–Trinajstić information content (AvgIpc) is 2.19. The zero-order valence-electron chi connectivity index (χ0n) is 8.44. The van der Waals surface area contributed by atoms with Crippen LogP contribution in [0.5, 0.6) is 0 Å². The molecule has 3 nitrogen and oxygen atoms in total. The minimum atomic E-state index is -0.0104. The monoisotopic (exact) mass is 184 g/mol. The molecule has 1 amide bonds. The van der Waals surface area contributed by atoms with Gasteiger partial charge < -0.3 is 11.1 Å². The molecule has 0 aliphatic heterocycles. The summed E-state index contributed by atoms with van der Waals surface area (Å²) in [5.74, 6) is -0.0104. The van der Waals surface area contributed by atoms with Gasteiger partial charge in [0.05, 0.1) is 6.54 Å². The molecule has 1 rings (SSSR count). The lowest BCUT2D eigenvalue weighted by Gasteiger charge is -2.37. The molecule has 0 aromatic heterocycles. The van der Waals surface area contributed by atoms with Gasteiger partial charge in [-0.15, -0.1) is 0 Å². The van der Waals surface area contributed by atoms with Gasteiger partial charge in [-0.3, -0.25) is 4.79 Å². The molecule has 0 unspecified atom stereocenters. The van der Waals surface area contributed by atoms with Crippen molar-refractivity contribution in [2.24, 2.45) is 5.73 Å². The molecule has 0 spiro atoms. The molecule has 0 radical (unpaired) electrons. The van der Waals surface area contributed by atoms with Crippen LogP contribution in [0, 0.1) is 0 Å². The average molecular weight is 184 g/mol. The maximum atomic E-state index is 11.2. The summed E-state index contributed by atoms with van der Waals surface area (Å²) >= 11 is 0. The van der Waals surface area contributed by atoms with Crippen LogP contribution in [0.1, 0.15) is 45.4 Å². The lowest BCUT2D eigenvalue weighted by atomic mass is 9.80. The second kappa shape index (κ2) is 4.61. The number of hydrogen-bond acceptors (Lipinski definition) is 2. The summed E-state index contributed by atoms with van der Waals surface area (Å²) in [7, 11) is 0. The predicted octanol–water partition coefficient (Wildman–Crippen LogP) is 1.17. The Morgan fingerprint density at radius 3 is 2.46 bits per heavy atom. The second-order valence-corrected chi connectivity index (χ2v) is 3.95. The number of nitrogens with two attached hydrogens (primary N) is 1. The highest BCUT2D eigenvalue weighted by atomic mass is 16.2. The zero-order chi connectivity index (χ0) is 9.73. The first kappa shape index (κ1) is 10.5. The molecule has 0 atom stereocenters. The van der Waals surface area contributed by atoms with Crippen molar-refractivity contribution in [3.63, 3.8) is 0 Å². The van der Waals surface area contributed by atoms with Crippen molar-refractivity contribution in [1.29, 1.82) is 0 Å². The fourth-order valence-corrected chi connectivity index (χ4v) is 2.14. The first-order valence-corrected chi connectivity index (χ1v) is 5.23. The van der Waals surface area contributed by atoms with Gasteiger partial charge in [-0.25, -0.2) is 0 Å². The van der Waals surface area contributed by atoms with E-state index in [-0.39, 0.29) is 18.0 Å². The molecule has 0 heterocycles. The van der Waals surface area contributed by atoms with E-state index >= 15 is 0 Å². The number of rotatable bonds is 3. The summed E-state index contributed by atoms with van der Waals surface area (Å²) < 4.78 is 0. The fraction of sp³-hybridized carbons (Fsp3) is 0.900. The van der Waals surface area contributed by atoms with Crippen molar-refractivity contribution >= 4 is 5.91 Å². The Kier molecular flexibility index (Phi) is 3.72. The maximum Gasteiger partial charge on any atom is 0.234 e. The van der Waals surface area contributed by atoms with E-state index in [1.807, 2.05) is 0 Å². The van der Waals surface area contributed by atoms with Gasteiger partial charge in [0.15, 0.2) is 0 Å². The summed E-state index contributed by atoms with van der Waals surface area (Å²) in [6, 6.07) is 0. The predicted molar refractivity (Wildman–Crippen MR) is 53.3 cm³/mol. The first-order valence-electron chi connectivity index (χ1n) is 5.23. The number of hydrogen-bond donors (Lipinski definition) is 2. The van der Waals surface area contributed by atoms with Gasteiger partial charge in [-0.05, 0) is 19.3 Å². The third kappa shape index (κ3) is 2.69. The van der Waals surface area contributed by atoms with Crippen molar-refractivity contribution in [2.45, 2.75) is 51.0 Å². The summed E-state index contributed by atoms with van der Waals surface area (Å²) in [5.41, 5.74) is 5.35. The van der Waals surface area contributed by atoms with E-state index in [2.05, 4.69) is 12.2 Å². The molecule has 1 aliphatic carbocycles. The van der Waals surface area contributed by atoms with Crippen molar-refractivity contribution in [1.82, 2.24) is 5.32 Å². The molecule has 0 aromatic carbocycles. The van der Waals surface area contributed by atoms with Gasteiger partial charge in [0.1, 0.15) is 0 Å². The van der Waals surface area contributed by atoms with Crippen molar-refractivity contribution in [3.05, 3.63) is 0 Å². The fourth-order valence-electron chi connectivity index (χ4n) is 2.14. The van der Waals surface area contributed by atoms with Gasteiger partial charge >= 0.3 is 0 Å². The Bertz CT molecular complexity index is 174. The lowest BCUT2D eigenvalue weighted by Crippen LogP contribution is -2.51. The third-order valence-corrected chi connectivity index (χ3v) is 3.08. The van der Waals surface area contributed by atoms with E-state index < -0.39 is 0 Å². The third-order valence-electron chi connectivity index (χ3n) is 3.08. The van der Waals surface area contributed by atoms with Crippen molar-refractivity contribution in [3.8, 4) is 0 Å². The van der Waals surface area contributed by atoms with E-state index in [0.29, 0.717) is 0 Å². The molecule has 1 aliphatic rings. The molecule has 3 N–H and O–H groups in total. The van der Waals surface area contributed by atoms with Crippen LogP contribution in [0.25, 0.3) is 0 Å². The molecule has 0 bridgehead atoms. The molecule has 0 aromatic rings. The van der Waals surface area contributed by atoms with Crippen LogP contribution in [0.2, 0.25) is 0 Å². The van der Waals surface area contributed by atoms with E-state index in [9.17, 15) is 4.79 Å². The van der Waals surface area contributed by atoms with E-state index in [0.717, 1.165) is 19.3 Å². The van der Waals surface area contributed by atoms with Gasteiger partial charge in [0.2, 0.25) is 5.91 Å². The van der Waals surface area contributed by atoms with Gasteiger partial charge in [0.25, 0.3) is 0 Å². The number of carbonyl (C=O) groups is 1. The zero-order valence-corrected chi connectivity index (χ0v) is 8.44. The molecule has 1 fully saturated rings. The summed E-state index contributed by atoms with van der Waals surface area (Å²) in [6.45, 7) is 2.25. The smallest absolute Gasteiger partial charge is 0.234 e. The largest absolute Gasteiger partial charge is 0.350 e. The lowest BCUT2D eigenvalue weighted by molar-refractivity contribution is -0.122. The Labute approximate surface area is 80.1 Å². The minimum absolute atomic E-state index is 0.0104. The highest BCUT2D eigenvalue weighted by Crippen LogP contribution is 2.30. The quantitative estimate of drug-likeness (QED) is 0.692. The Morgan fingerprint density at radius 1 is 1.38 bits per heavy atom. The van der Waals surface area contributed by atoms with Crippen molar-refractivity contribution < 1.29 is 4.79 Å². The number of carbonyl (C=O) groups excluding carboxylic acids is 1. The van der Waals surface area contributed by atoms with Crippen LogP contribution in [0.3, 0.4) is 0 Å². The Morgan fingerprint density at radius 2 is 2.00 bits per heavy atom. The highest BCUT2D eigenvalue weighted by Gasteiger charge is 2.30. The molecule has 0 saturated heterocycles. The van der Waals surface area contributed by atoms with E-state index in [1.165, 1.54) is 19.3 Å². The summed E-state index contributed by atoms with van der Waals surface area (Å²) in [6.07, 6.45) is 7.04. The van der Waals surface area contributed by atoms with E-state index in [4.69, 9.17) is 5.73 Å². The maximum absolute atomic E-state index is 11.2. The number of nitrogens with one attached hydrogen (secondary N) is 1. The summed E-state index contributed by atoms with van der Waals surface area (Å²) in [4.78, 5) is 11.2. The molecular formula is C10H20N2O. The van der Waals surface area contributed by atoms with Crippen LogP contribution in [-0.2, 0) is 4.79 Å². The minimum Gasteiger partial charge on any atom is -0.350 e. The van der Waals surface area contributed by atoms with Crippen LogP contribution < -0.4 is 11.1 Å². The van der Waals surface area contributed by atoms with Gasteiger partial charge in [0, 0.05) is 5.54 Å². The molecular weight excluding hydrogens is 164 g/mol. The van der Waals surface area contributed by atoms with Crippen molar-refractivity contribution in [2.75, 3.05) is 6.54 Å². The summed E-state index contributed by atoms with van der Waals surface area (Å²) in [5, 5.41) is 3.07. The highest BCUT2D eigenvalue weighted by molar-refractivity contribution is 5.78. The molecule has 1 saturated carbocycles. The van der Waals surface area contributed by atoms with Crippen LogP contribution in [0.15, 0.2) is 0 Å². The Balaban J connectivity index is 2.52. The van der Waals surface area contributed by atoms with Crippen LogP contribution >= 0.6 is 0 Å².